The van der Waals surface area contributed by atoms with Crippen LogP contribution in [-0.4, -0.2) is 14.5 Å². The molecule has 10 aromatic carbocycles. The molecule has 0 saturated heterocycles. The highest BCUT2D eigenvalue weighted by molar-refractivity contribution is 6.12. The summed E-state index contributed by atoms with van der Waals surface area (Å²) in [6, 6.07) is 89.9. The smallest absolute Gasteiger partial charge is 0.187 e. The molecule has 0 N–H and O–H groups in total. The zero-order valence-electron chi connectivity index (χ0n) is 40.4. The third-order valence-corrected chi connectivity index (χ3v) is 13.6. The standard InChI is InChI=1S/C67H45N7/c1-46-41-51(27-38-60(46)64-44-63(49-15-7-3-8-16-49)70-67(71-64)50-17-9-4-10-18-50)48-25-32-57(33-26-48)74-65-39-36-58(72(53-19-11-5-12-20-53)54-21-13-6-14-22-54)42-61(65)62-43-59(37-40-66(62)74)73(55-30-23-47(45-68)24-31-55)56-34-28-52(69-2)29-35-56/h3-44H,1H3. The SMILES string of the molecule is [C-]#[N+]c1ccc(N(c2ccc(C#N)cc2)c2ccc3c(c2)c2cc(N(c4ccccc4)c4ccccc4)ccc2n3-c2ccc(-c3ccc(-c4cc(-c5ccccc5)nc(-c5ccccc5)n4)c(C)c3)cc2)cc1. The maximum absolute atomic E-state index is 9.69. The van der Waals surface area contributed by atoms with Crippen molar-refractivity contribution in [3.05, 3.63) is 277 Å². The van der Waals surface area contributed by atoms with Gasteiger partial charge in [-0.15, -0.1) is 0 Å². The van der Waals surface area contributed by atoms with Gasteiger partial charge < -0.3 is 14.4 Å². The Morgan fingerprint density at radius 2 is 0.905 bits per heavy atom. The molecular weight excluding hydrogens is 903 g/mol. The van der Waals surface area contributed by atoms with Crippen LogP contribution >= 0.6 is 0 Å². The molecule has 0 spiro atoms. The predicted molar refractivity (Wildman–Crippen MR) is 303 cm³/mol. The van der Waals surface area contributed by atoms with Gasteiger partial charge in [0, 0.05) is 67.3 Å². The molecule has 2 aromatic heterocycles. The fraction of sp³-hybridized carbons (Fsp3) is 0.0149. The number of hydrogen-bond donors (Lipinski definition) is 0. The molecule has 2 heterocycles. The molecule has 7 heteroatoms. The second-order valence-corrected chi connectivity index (χ2v) is 18.1. The van der Waals surface area contributed by atoms with E-state index in [4.69, 9.17) is 16.5 Å². The number of aryl methyl sites for hydroxylation is 1. The van der Waals surface area contributed by atoms with Crippen molar-refractivity contribution in [3.63, 3.8) is 0 Å². The highest BCUT2D eigenvalue weighted by atomic mass is 15.1. The van der Waals surface area contributed by atoms with Gasteiger partial charge in [0.1, 0.15) is 0 Å². The number of aromatic nitrogens is 3. The Morgan fingerprint density at radius 3 is 1.43 bits per heavy atom. The maximum Gasteiger partial charge on any atom is 0.187 e. The van der Waals surface area contributed by atoms with E-state index < -0.39 is 0 Å². The summed E-state index contributed by atoms with van der Waals surface area (Å²) in [5, 5.41) is 11.8. The van der Waals surface area contributed by atoms with E-state index in [9.17, 15) is 5.26 Å². The lowest BCUT2D eigenvalue weighted by Gasteiger charge is -2.26. The Hall–Kier alpha value is -10.3. The molecule has 348 valence electrons. The first kappa shape index (κ1) is 44.8. The van der Waals surface area contributed by atoms with E-state index in [1.807, 2.05) is 97.1 Å². The molecule has 0 amide bonds. The van der Waals surface area contributed by atoms with Gasteiger partial charge in [0.2, 0.25) is 0 Å². The van der Waals surface area contributed by atoms with Gasteiger partial charge in [-0.25, -0.2) is 14.8 Å². The van der Waals surface area contributed by atoms with E-state index in [0.29, 0.717) is 17.1 Å². The largest absolute Gasteiger partial charge is 0.311 e. The Morgan fingerprint density at radius 1 is 0.432 bits per heavy atom. The van der Waals surface area contributed by atoms with Crippen molar-refractivity contribution in [1.82, 2.24) is 14.5 Å². The highest BCUT2D eigenvalue weighted by Crippen LogP contribution is 2.43. The van der Waals surface area contributed by atoms with E-state index in [1.54, 1.807) is 0 Å². The molecule has 0 fully saturated rings. The topological polar surface area (TPSA) is 65.3 Å². The van der Waals surface area contributed by atoms with Crippen molar-refractivity contribution in [2.75, 3.05) is 9.80 Å². The van der Waals surface area contributed by atoms with Crippen molar-refractivity contribution < 1.29 is 0 Å². The van der Waals surface area contributed by atoms with Gasteiger partial charge in [0.05, 0.1) is 40.6 Å². The Labute approximate surface area is 430 Å². The predicted octanol–water partition coefficient (Wildman–Crippen LogP) is 17.9. The molecule has 12 rings (SSSR count). The summed E-state index contributed by atoms with van der Waals surface area (Å²) in [6.07, 6.45) is 0. The van der Waals surface area contributed by atoms with Gasteiger partial charge in [-0.1, -0.05) is 140 Å². The zero-order chi connectivity index (χ0) is 50.0. The van der Waals surface area contributed by atoms with Crippen LogP contribution in [0.3, 0.4) is 0 Å². The second-order valence-electron chi connectivity index (χ2n) is 18.1. The highest BCUT2D eigenvalue weighted by Gasteiger charge is 2.21. The number of benzene rings is 10. The minimum absolute atomic E-state index is 0.566. The molecule has 7 nitrogen and oxygen atoms in total. The van der Waals surface area contributed by atoms with E-state index in [0.717, 1.165) is 106 Å². The average molecular weight is 948 g/mol. The number of para-hydroxylation sites is 2. The summed E-state index contributed by atoms with van der Waals surface area (Å²) >= 11 is 0. The van der Waals surface area contributed by atoms with Gasteiger partial charge in [0.15, 0.2) is 11.5 Å². The van der Waals surface area contributed by atoms with Gasteiger partial charge in [-0.2, -0.15) is 5.26 Å². The molecule has 12 aromatic rings. The van der Waals surface area contributed by atoms with Crippen LogP contribution in [0.5, 0.6) is 0 Å². The van der Waals surface area contributed by atoms with Crippen molar-refractivity contribution in [2.45, 2.75) is 6.92 Å². The first-order valence-corrected chi connectivity index (χ1v) is 24.5. The summed E-state index contributed by atoms with van der Waals surface area (Å²) in [5.74, 6) is 0.694. The average Bonchev–Trinajstić information content (AvgIpc) is 3.80. The lowest BCUT2D eigenvalue weighted by Crippen LogP contribution is -2.10. The summed E-state index contributed by atoms with van der Waals surface area (Å²) in [5.41, 5.74) is 18.4. The molecule has 0 aliphatic rings. The number of fused-ring (bicyclic) bond motifs is 3. The molecule has 0 saturated carbocycles. The van der Waals surface area contributed by atoms with Gasteiger partial charge in [0.25, 0.3) is 0 Å². The number of hydrogen-bond acceptors (Lipinski definition) is 5. The Bertz CT molecular complexity index is 3910. The summed E-state index contributed by atoms with van der Waals surface area (Å²) in [6.45, 7) is 9.78. The maximum atomic E-state index is 9.69. The fourth-order valence-corrected chi connectivity index (χ4v) is 9.96. The minimum atomic E-state index is 0.566. The van der Waals surface area contributed by atoms with E-state index in [2.05, 4.69) is 190 Å². The number of anilines is 6. The van der Waals surface area contributed by atoms with Crippen LogP contribution in [-0.2, 0) is 0 Å². The quantitative estimate of drug-likeness (QED) is 0.121. The van der Waals surface area contributed by atoms with Crippen LogP contribution in [0.15, 0.2) is 255 Å². The summed E-state index contributed by atoms with van der Waals surface area (Å²) in [7, 11) is 0. The summed E-state index contributed by atoms with van der Waals surface area (Å²) < 4.78 is 2.35. The minimum Gasteiger partial charge on any atom is -0.311 e. The van der Waals surface area contributed by atoms with Crippen molar-refractivity contribution in [3.8, 4) is 56.8 Å². The Balaban J connectivity index is 0.973. The van der Waals surface area contributed by atoms with Crippen molar-refractivity contribution in [2.24, 2.45) is 0 Å². The molecule has 0 atom stereocenters. The number of nitrogens with zero attached hydrogens (tertiary/aromatic N) is 7. The molecule has 0 unspecified atom stereocenters. The first-order chi connectivity index (χ1) is 36.5. The van der Waals surface area contributed by atoms with Gasteiger partial charge in [-0.3, -0.25) is 0 Å². The van der Waals surface area contributed by atoms with E-state index in [1.165, 1.54) is 0 Å². The first-order valence-electron chi connectivity index (χ1n) is 24.5. The van der Waals surface area contributed by atoms with Crippen LogP contribution in [0.2, 0.25) is 0 Å². The van der Waals surface area contributed by atoms with Crippen molar-refractivity contribution >= 4 is 61.6 Å². The molecule has 0 radical (unpaired) electrons. The van der Waals surface area contributed by atoms with Gasteiger partial charge >= 0.3 is 0 Å². The number of nitriles is 1. The third-order valence-electron chi connectivity index (χ3n) is 13.6. The normalized spacial score (nSPS) is 11.0. The van der Waals surface area contributed by atoms with E-state index in [-0.39, 0.29) is 0 Å². The third kappa shape index (κ3) is 8.58. The molecular formula is C67H45N7. The van der Waals surface area contributed by atoms with Crippen LogP contribution < -0.4 is 9.80 Å². The monoisotopic (exact) mass is 947 g/mol. The zero-order valence-corrected chi connectivity index (χ0v) is 40.4. The fourth-order valence-electron chi connectivity index (χ4n) is 9.96. The van der Waals surface area contributed by atoms with Gasteiger partial charge in [-0.05, 0) is 139 Å². The Kier molecular flexibility index (Phi) is 11.8. The molecule has 0 bridgehead atoms. The van der Waals surface area contributed by atoms with Crippen LogP contribution in [0, 0.1) is 24.8 Å². The van der Waals surface area contributed by atoms with Crippen LogP contribution in [0.4, 0.5) is 39.8 Å². The molecule has 0 aliphatic heterocycles. The molecule has 74 heavy (non-hydrogen) atoms. The van der Waals surface area contributed by atoms with E-state index >= 15 is 0 Å². The van der Waals surface area contributed by atoms with Crippen molar-refractivity contribution in [1.29, 1.82) is 5.26 Å². The second kappa shape index (κ2) is 19.5. The summed E-state index contributed by atoms with van der Waals surface area (Å²) in [4.78, 5) is 18.3. The number of rotatable bonds is 11. The van der Waals surface area contributed by atoms with Crippen LogP contribution in [0.1, 0.15) is 11.1 Å². The lowest BCUT2D eigenvalue weighted by atomic mass is 9.97. The van der Waals surface area contributed by atoms with Crippen LogP contribution in [0.25, 0.3) is 77.4 Å². The molecule has 0 aliphatic carbocycles. The lowest BCUT2D eigenvalue weighted by molar-refractivity contribution is 1.18.